The highest BCUT2D eigenvalue weighted by Crippen LogP contribution is 2.37. The predicted octanol–water partition coefficient (Wildman–Crippen LogP) is 5.39. The zero-order valence-corrected chi connectivity index (χ0v) is 14.3. The van der Waals surface area contributed by atoms with Crippen LogP contribution >= 0.6 is 23.4 Å². The molecule has 0 atom stereocenters. The van der Waals surface area contributed by atoms with E-state index in [-0.39, 0.29) is 21.3 Å². The highest BCUT2D eigenvalue weighted by molar-refractivity contribution is 8.18. The van der Waals surface area contributed by atoms with E-state index in [1.165, 1.54) is 30.3 Å². The number of rotatable bonds is 2. The zero-order chi connectivity index (χ0) is 18.9. The molecule has 1 aliphatic rings. The average molecular weight is 401 g/mol. The molecule has 134 valence electrons. The van der Waals surface area contributed by atoms with Crippen molar-refractivity contribution in [2.24, 2.45) is 4.99 Å². The molecule has 1 N–H and O–H groups in total. The second-order valence-electron chi connectivity index (χ2n) is 5.17. The third-order valence-electron chi connectivity index (χ3n) is 3.33. The van der Waals surface area contributed by atoms with Crippen LogP contribution in [0.5, 0.6) is 0 Å². The van der Waals surface area contributed by atoms with Gasteiger partial charge >= 0.3 is 6.18 Å². The first-order valence-corrected chi connectivity index (χ1v) is 8.34. The second kappa shape index (κ2) is 7.13. The second-order valence-corrected chi connectivity index (χ2v) is 6.60. The quantitative estimate of drug-likeness (QED) is 0.542. The van der Waals surface area contributed by atoms with Gasteiger partial charge in [-0.2, -0.15) is 13.2 Å². The molecule has 0 bridgehead atoms. The Morgan fingerprint density at radius 2 is 1.88 bits per heavy atom. The van der Waals surface area contributed by atoms with E-state index < -0.39 is 28.5 Å². The van der Waals surface area contributed by atoms with E-state index in [9.17, 15) is 22.4 Å². The summed E-state index contributed by atoms with van der Waals surface area (Å²) in [6, 6.07) is 9.07. The molecule has 26 heavy (non-hydrogen) atoms. The van der Waals surface area contributed by atoms with Gasteiger partial charge in [-0.3, -0.25) is 4.79 Å². The van der Waals surface area contributed by atoms with Gasteiger partial charge in [-0.05, 0) is 42.1 Å². The lowest BCUT2D eigenvalue weighted by Gasteiger charge is -2.09. The maximum absolute atomic E-state index is 13.7. The highest BCUT2D eigenvalue weighted by atomic mass is 35.5. The molecule has 0 spiro atoms. The van der Waals surface area contributed by atoms with E-state index in [0.717, 1.165) is 23.9 Å². The number of nitrogens with one attached hydrogen (secondary N) is 1. The minimum atomic E-state index is -4.62. The van der Waals surface area contributed by atoms with Crippen molar-refractivity contribution >= 4 is 46.2 Å². The molecule has 0 aliphatic carbocycles. The number of halogens is 5. The Hall–Kier alpha value is -2.32. The number of thioether (sulfide) groups is 1. The summed E-state index contributed by atoms with van der Waals surface area (Å²) in [4.78, 5) is 16.1. The molecule has 0 radical (unpaired) electrons. The SMILES string of the molecule is O=C1NC(=Nc2ccc(Cl)c(C(F)(F)F)c2)SC1=Cc1ccccc1F. The maximum atomic E-state index is 13.7. The van der Waals surface area contributed by atoms with Gasteiger partial charge in [-0.25, -0.2) is 9.38 Å². The minimum absolute atomic E-state index is 0.0170. The molecule has 2 aromatic rings. The van der Waals surface area contributed by atoms with Crippen molar-refractivity contribution in [1.82, 2.24) is 5.32 Å². The van der Waals surface area contributed by atoms with Crippen molar-refractivity contribution in [3.8, 4) is 0 Å². The van der Waals surface area contributed by atoms with Crippen molar-refractivity contribution in [2.75, 3.05) is 0 Å². The van der Waals surface area contributed by atoms with E-state index in [2.05, 4.69) is 10.3 Å². The molecule has 0 unspecified atom stereocenters. The Balaban J connectivity index is 1.88. The van der Waals surface area contributed by atoms with Gasteiger partial charge in [0.1, 0.15) is 5.82 Å². The van der Waals surface area contributed by atoms with Crippen LogP contribution in [0.3, 0.4) is 0 Å². The third kappa shape index (κ3) is 4.08. The Kier molecular flexibility index (Phi) is 5.06. The van der Waals surface area contributed by atoms with Gasteiger partial charge in [-0.15, -0.1) is 0 Å². The summed E-state index contributed by atoms with van der Waals surface area (Å²) in [5.74, 6) is -1.01. The van der Waals surface area contributed by atoms with Gasteiger partial charge in [0.2, 0.25) is 0 Å². The number of hydrogen-bond acceptors (Lipinski definition) is 3. The van der Waals surface area contributed by atoms with Crippen LogP contribution in [0.2, 0.25) is 5.02 Å². The van der Waals surface area contributed by atoms with Crippen LogP contribution in [0.15, 0.2) is 52.4 Å². The standard InChI is InChI=1S/C17H9ClF4N2OS/c18-12-6-5-10(8-11(12)17(20,21)22)23-16-24-15(25)14(26-16)7-9-3-1-2-4-13(9)19/h1-8H,(H,23,24,25). The molecule has 1 saturated heterocycles. The number of amides is 1. The summed E-state index contributed by atoms with van der Waals surface area (Å²) >= 11 is 6.47. The fourth-order valence-corrected chi connectivity index (χ4v) is 3.19. The average Bonchev–Trinajstić information content (AvgIpc) is 2.90. The molecule has 1 fully saturated rings. The van der Waals surface area contributed by atoms with Gasteiger partial charge in [0.15, 0.2) is 5.17 Å². The van der Waals surface area contributed by atoms with Crippen molar-refractivity contribution in [2.45, 2.75) is 6.18 Å². The van der Waals surface area contributed by atoms with Crippen molar-refractivity contribution < 1.29 is 22.4 Å². The van der Waals surface area contributed by atoms with Crippen LogP contribution in [0, 0.1) is 5.82 Å². The van der Waals surface area contributed by atoms with E-state index >= 15 is 0 Å². The zero-order valence-electron chi connectivity index (χ0n) is 12.8. The van der Waals surface area contributed by atoms with Gasteiger partial charge in [0.25, 0.3) is 5.91 Å². The molecule has 3 rings (SSSR count). The Morgan fingerprint density at radius 3 is 2.58 bits per heavy atom. The number of alkyl halides is 3. The topological polar surface area (TPSA) is 41.5 Å². The van der Waals surface area contributed by atoms with E-state index in [1.54, 1.807) is 6.07 Å². The normalized spacial score (nSPS) is 17.8. The Labute approximate surface area is 154 Å². The van der Waals surface area contributed by atoms with Gasteiger partial charge < -0.3 is 5.32 Å². The monoisotopic (exact) mass is 400 g/mol. The van der Waals surface area contributed by atoms with Crippen LogP contribution in [-0.2, 0) is 11.0 Å². The van der Waals surface area contributed by atoms with Crippen LogP contribution in [0.1, 0.15) is 11.1 Å². The lowest BCUT2D eigenvalue weighted by molar-refractivity contribution is -0.137. The van der Waals surface area contributed by atoms with E-state index in [1.807, 2.05) is 0 Å². The number of carbonyl (C=O) groups is 1. The predicted molar refractivity (Wildman–Crippen MR) is 93.7 cm³/mol. The lowest BCUT2D eigenvalue weighted by atomic mass is 10.2. The van der Waals surface area contributed by atoms with E-state index in [0.29, 0.717) is 0 Å². The summed E-state index contributed by atoms with van der Waals surface area (Å²) in [7, 11) is 0. The molecule has 1 amide bonds. The van der Waals surface area contributed by atoms with Gasteiger partial charge in [-0.1, -0.05) is 29.8 Å². The maximum Gasteiger partial charge on any atom is 0.417 e. The minimum Gasteiger partial charge on any atom is -0.300 e. The van der Waals surface area contributed by atoms with Crippen LogP contribution < -0.4 is 5.32 Å². The molecular formula is C17H9ClF4N2OS. The molecule has 1 heterocycles. The van der Waals surface area contributed by atoms with Crippen LogP contribution in [0.25, 0.3) is 6.08 Å². The summed E-state index contributed by atoms with van der Waals surface area (Å²) < 4.78 is 52.4. The van der Waals surface area contributed by atoms with Gasteiger partial charge in [0.05, 0.1) is 21.2 Å². The smallest absolute Gasteiger partial charge is 0.300 e. The molecule has 0 saturated carbocycles. The number of benzene rings is 2. The molecule has 9 heteroatoms. The fraction of sp³-hybridized carbons (Fsp3) is 0.0588. The molecule has 1 aliphatic heterocycles. The number of amidine groups is 1. The molecule has 3 nitrogen and oxygen atoms in total. The number of nitrogens with zero attached hydrogens (tertiary/aromatic N) is 1. The molecule has 2 aromatic carbocycles. The van der Waals surface area contributed by atoms with Crippen molar-refractivity contribution in [3.05, 3.63) is 69.3 Å². The first kappa shape index (κ1) is 18.5. The third-order valence-corrected chi connectivity index (χ3v) is 4.57. The first-order chi connectivity index (χ1) is 12.2. The number of aliphatic imine (C=N–C) groups is 1. The molecular weight excluding hydrogens is 392 g/mol. The largest absolute Gasteiger partial charge is 0.417 e. The summed E-state index contributed by atoms with van der Waals surface area (Å²) in [5, 5.41) is 2.08. The van der Waals surface area contributed by atoms with Crippen LogP contribution in [0.4, 0.5) is 23.2 Å². The lowest BCUT2D eigenvalue weighted by Crippen LogP contribution is -2.19. The summed E-state index contributed by atoms with van der Waals surface area (Å²) in [5.41, 5.74) is -0.814. The first-order valence-electron chi connectivity index (χ1n) is 7.15. The fourth-order valence-electron chi connectivity index (χ4n) is 2.13. The number of hydrogen-bond donors (Lipinski definition) is 1. The van der Waals surface area contributed by atoms with Crippen molar-refractivity contribution in [1.29, 1.82) is 0 Å². The Morgan fingerprint density at radius 1 is 1.15 bits per heavy atom. The molecule has 0 aromatic heterocycles. The summed E-state index contributed by atoms with van der Waals surface area (Å²) in [6.45, 7) is 0. The van der Waals surface area contributed by atoms with Gasteiger partial charge in [0, 0.05) is 5.56 Å². The number of carbonyl (C=O) groups excluding carboxylic acids is 1. The van der Waals surface area contributed by atoms with Crippen molar-refractivity contribution in [3.63, 3.8) is 0 Å². The highest BCUT2D eigenvalue weighted by Gasteiger charge is 2.33. The Bertz CT molecular complexity index is 941. The summed E-state index contributed by atoms with van der Waals surface area (Å²) in [6.07, 6.45) is -3.27. The van der Waals surface area contributed by atoms with E-state index in [4.69, 9.17) is 11.6 Å². The van der Waals surface area contributed by atoms with Crippen LogP contribution in [-0.4, -0.2) is 11.1 Å².